The number of hydrogen-bond acceptors (Lipinski definition) is 2. The van der Waals surface area contributed by atoms with Gasteiger partial charge >= 0.3 is 0 Å². The van der Waals surface area contributed by atoms with Gasteiger partial charge in [-0.05, 0) is 58.3 Å². The first-order valence-electron chi connectivity index (χ1n) is 16.8. The van der Waals surface area contributed by atoms with E-state index in [-0.39, 0.29) is 43.3 Å². The molecular weight excluding hydrogens is 641 g/mol. The van der Waals surface area contributed by atoms with Gasteiger partial charge in [-0.3, -0.25) is 0 Å². The minimum absolute atomic E-state index is 0. The van der Waals surface area contributed by atoms with Crippen molar-refractivity contribution in [1.82, 2.24) is 9.97 Å². The second kappa shape index (κ2) is 13.4. The Morgan fingerprint density at radius 3 is 2.18 bits per heavy atom. The molecule has 195 valence electrons. The van der Waals surface area contributed by atoms with E-state index in [1.165, 1.54) is 36.5 Å². The molecule has 2 nitrogen and oxygen atoms in total. The molecule has 1 radical (unpaired) electrons. The van der Waals surface area contributed by atoms with Gasteiger partial charge in [0.2, 0.25) is 0 Å². The van der Waals surface area contributed by atoms with Crippen molar-refractivity contribution >= 4 is 0 Å². The van der Waals surface area contributed by atoms with Gasteiger partial charge in [-0.2, -0.15) is 0 Å². The van der Waals surface area contributed by atoms with Crippen molar-refractivity contribution in [2.45, 2.75) is 40.8 Å². The summed E-state index contributed by atoms with van der Waals surface area (Å²) in [7, 11) is 0. The van der Waals surface area contributed by atoms with Gasteiger partial charge < -0.3 is 9.97 Å². The maximum Gasteiger partial charge on any atom is 0.0629 e. The summed E-state index contributed by atoms with van der Waals surface area (Å²) in [5.74, 6) is 0. The molecule has 38 heavy (non-hydrogen) atoms. The maximum absolute atomic E-state index is 8.43. The minimum atomic E-state index is -2.18. The second-order valence-electron chi connectivity index (χ2n) is 9.41. The molecule has 5 rings (SSSR count). The molecule has 0 aliphatic heterocycles. The van der Waals surface area contributed by atoms with E-state index in [9.17, 15) is 0 Å². The number of rotatable bonds is 4. The molecule has 0 saturated carbocycles. The van der Waals surface area contributed by atoms with Gasteiger partial charge in [-0.15, -0.1) is 71.3 Å². The third-order valence-electron chi connectivity index (χ3n) is 5.15. The number of nitrogens with zero attached hydrogens (tertiary/aromatic N) is 2. The summed E-state index contributed by atoms with van der Waals surface area (Å²) in [5, 5.41) is 0. The minimum Gasteiger partial charge on any atom is -0.305 e. The molecule has 0 aliphatic carbocycles. The molecular formula is C35H34IrN2-2. The number of aromatic nitrogens is 2. The standard InChI is InChI=1S/C22H22N.C13H12N.Ir/c1-22(2,3)16-17-9-11-18(12-10-17)20-13-14-23-21(15-20)19-7-5-4-6-8-19;1-10-3-6-12(7-4-10)13-8-5-11(2)9-14-13;/h4-7,9-15H,16H2,1-3H3;3-6,8-9H,1-2H3;/q2*-1;/i11D,12D,16D2;1D3,2D3;. The van der Waals surface area contributed by atoms with Crippen LogP contribution in [0.2, 0.25) is 0 Å². The van der Waals surface area contributed by atoms with Crippen LogP contribution in [0.15, 0.2) is 103 Å². The third kappa shape index (κ3) is 8.58. The van der Waals surface area contributed by atoms with Crippen LogP contribution in [0.3, 0.4) is 0 Å². The molecule has 0 bridgehead atoms. The van der Waals surface area contributed by atoms with Gasteiger partial charge in [0.25, 0.3) is 0 Å². The predicted octanol–water partition coefficient (Wildman–Crippen LogP) is 8.97. The summed E-state index contributed by atoms with van der Waals surface area (Å²) in [4.78, 5) is 8.45. The molecule has 3 heteroatoms. The van der Waals surface area contributed by atoms with E-state index in [1.54, 1.807) is 24.4 Å². The van der Waals surface area contributed by atoms with Gasteiger partial charge in [0, 0.05) is 43.5 Å². The fourth-order valence-corrected chi connectivity index (χ4v) is 3.48. The summed E-state index contributed by atoms with van der Waals surface area (Å²) >= 11 is 0. The molecule has 0 saturated heterocycles. The van der Waals surface area contributed by atoms with Crippen molar-refractivity contribution < 1.29 is 33.8 Å². The zero-order chi connectivity index (χ0) is 34.8. The number of benzene rings is 3. The van der Waals surface area contributed by atoms with Crippen LogP contribution < -0.4 is 0 Å². The first-order valence-corrected chi connectivity index (χ1v) is 11.8. The SMILES string of the molecule is [2H]C([2H])([2H])c1c[c-]c(-c2ccc(C([2H])([2H])[2H])cn2)cc1.[2H]c1cc(C([2H])([2H])C(C)(C)C)cc([2H])c1-c1ccnc(-c2[c-]cccc2)c1.[Ir]. The topological polar surface area (TPSA) is 25.8 Å². The van der Waals surface area contributed by atoms with Crippen molar-refractivity contribution in [3.8, 4) is 33.6 Å². The fraction of sp³-hybridized carbons (Fsp3) is 0.200. The van der Waals surface area contributed by atoms with Crippen molar-refractivity contribution in [1.29, 1.82) is 0 Å². The molecule has 3 aromatic carbocycles. The van der Waals surface area contributed by atoms with E-state index in [1.807, 2.05) is 51.1 Å². The monoisotopic (exact) mass is 685 g/mol. The van der Waals surface area contributed by atoms with Crippen LogP contribution in [0.25, 0.3) is 33.6 Å². The largest absolute Gasteiger partial charge is 0.305 e. The van der Waals surface area contributed by atoms with Crippen LogP contribution in [0.4, 0.5) is 0 Å². The van der Waals surface area contributed by atoms with Crippen LogP contribution in [0, 0.1) is 31.3 Å². The van der Waals surface area contributed by atoms with E-state index in [2.05, 4.69) is 22.1 Å². The van der Waals surface area contributed by atoms with E-state index >= 15 is 0 Å². The summed E-state index contributed by atoms with van der Waals surface area (Å²) in [6, 6.07) is 28.1. The summed E-state index contributed by atoms with van der Waals surface area (Å²) in [6.07, 6.45) is 1.32. The van der Waals surface area contributed by atoms with Crippen molar-refractivity contribution in [3.63, 3.8) is 0 Å². The Hall–Kier alpha value is -3.39. The average Bonchev–Trinajstić information content (AvgIpc) is 3.00. The van der Waals surface area contributed by atoms with Crippen LogP contribution >= 0.6 is 0 Å². The smallest absolute Gasteiger partial charge is 0.0629 e. The Bertz CT molecular complexity index is 1730. The van der Waals surface area contributed by atoms with Gasteiger partial charge in [0.05, 0.1) is 2.74 Å². The summed E-state index contributed by atoms with van der Waals surface area (Å²) in [5.41, 5.74) is 4.03. The van der Waals surface area contributed by atoms with Gasteiger partial charge in [-0.1, -0.05) is 70.0 Å². The predicted molar refractivity (Wildman–Crippen MR) is 155 cm³/mol. The fourth-order valence-electron chi connectivity index (χ4n) is 3.48. The number of aryl methyl sites for hydroxylation is 2. The Balaban J connectivity index is 0.000000266. The number of pyridine rings is 2. The maximum atomic E-state index is 8.43. The van der Waals surface area contributed by atoms with Gasteiger partial charge in [0.1, 0.15) is 0 Å². The normalized spacial score (nSPS) is 15.6. The molecule has 2 heterocycles. The summed E-state index contributed by atoms with van der Waals surface area (Å²) < 4.78 is 77.4. The first kappa shape index (κ1) is 18.0. The van der Waals surface area contributed by atoms with Crippen LogP contribution in [0.5, 0.6) is 0 Å². The van der Waals surface area contributed by atoms with Crippen LogP contribution in [0.1, 0.15) is 51.2 Å². The third-order valence-corrected chi connectivity index (χ3v) is 5.15. The van der Waals surface area contributed by atoms with E-state index in [4.69, 9.17) is 13.7 Å². The van der Waals surface area contributed by atoms with Crippen molar-refractivity contribution in [2.75, 3.05) is 0 Å². The molecule has 0 unspecified atom stereocenters. The first-order chi connectivity index (χ1) is 21.8. The number of hydrogen-bond donors (Lipinski definition) is 0. The zero-order valence-corrected chi connectivity index (χ0v) is 23.8. The quantitative estimate of drug-likeness (QED) is 0.177. The van der Waals surface area contributed by atoms with Gasteiger partial charge in [0.15, 0.2) is 0 Å². The molecule has 0 N–H and O–H groups in total. The molecule has 2 aromatic heterocycles. The Morgan fingerprint density at radius 1 is 0.816 bits per heavy atom. The van der Waals surface area contributed by atoms with Crippen LogP contribution in [-0.4, -0.2) is 9.97 Å². The molecule has 0 amide bonds. The zero-order valence-electron chi connectivity index (χ0n) is 31.4. The second-order valence-corrected chi connectivity index (χ2v) is 9.41. The molecule has 5 aromatic rings. The van der Waals surface area contributed by atoms with Gasteiger partial charge in [-0.25, -0.2) is 0 Å². The molecule has 0 atom stereocenters. The van der Waals surface area contributed by atoms with E-state index in [0.29, 0.717) is 22.4 Å². The molecule has 0 fully saturated rings. The Kier molecular flexibility index (Phi) is 6.35. The summed E-state index contributed by atoms with van der Waals surface area (Å²) in [6.45, 7) is 1.12. The van der Waals surface area contributed by atoms with Crippen molar-refractivity contribution in [3.05, 3.63) is 132 Å². The van der Waals surface area contributed by atoms with Crippen molar-refractivity contribution in [2.24, 2.45) is 5.41 Å². The molecule has 0 aliphatic rings. The average molecular weight is 685 g/mol. The molecule has 0 spiro atoms. The Labute approximate surface area is 255 Å². The Morgan fingerprint density at radius 2 is 1.58 bits per heavy atom. The van der Waals surface area contributed by atoms with E-state index < -0.39 is 25.5 Å². The van der Waals surface area contributed by atoms with Crippen LogP contribution in [-0.2, 0) is 26.5 Å². The van der Waals surface area contributed by atoms with E-state index in [0.717, 1.165) is 16.8 Å².